The summed E-state index contributed by atoms with van der Waals surface area (Å²) in [6.45, 7) is 0. The van der Waals surface area contributed by atoms with Crippen LogP contribution >= 0.6 is 0 Å². The smallest absolute Gasteiger partial charge is 0.278 e. The van der Waals surface area contributed by atoms with Crippen molar-refractivity contribution >= 4 is 38.5 Å². The van der Waals surface area contributed by atoms with Crippen LogP contribution in [0.3, 0.4) is 0 Å². The van der Waals surface area contributed by atoms with Crippen LogP contribution in [0.15, 0.2) is 35.4 Å². The number of rotatable bonds is 4. The molecule has 3 aromatic rings. The first-order chi connectivity index (χ1) is 10.4. The zero-order valence-corrected chi connectivity index (χ0v) is 12.2. The van der Waals surface area contributed by atoms with Gasteiger partial charge in [0.1, 0.15) is 0 Å². The van der Waals surface area contributed by atoms with E-state index < -0.39 is 10.0 Å². The van der Waals surface area contributed by atoms with E-state index in [1.165, 1.54) is 6.33 Å². The summed E-state index contributed by atoms with van der Waals surface area (Å²) in [4.78, 5) is 25.1. The Labute approximate surface area is 124 Å². The van der Waals surface area contributed by atoms with Crippen molar-refractivity contribution in [2.45, 2.75) is 0 Å². The van der Waals surface area contributed by atoms with Crippen molar-refractivity contribution in [3.63, 3.8) is 0 Å². The van der Waals surface area contributed by atoms with E-state index in [1.54, 1.807) is 24.3 Å². The van der Waals surface area contributed by atoms with E-state index >= 15 is 0 Å². The van der Waals surface area contributed by atoms with Crippen molar-refractivity contribution in [1.82, 2.24) is 19.9 Å². The van der Waals surface area contributed by atoms with E-state index in [4.69, 9.17) is 0 Å². The fourth-order valence-corrected chi connectivity index (χ4v) is 2.47. The second-order valence-corrected chi connectivity index (χ2v) is 6.34. The standard InChI is InChI=1S/C12H12N6O3S/c1-22(20,21)18-8-4-2-3-7(5-8)15-12-16-10-9(11(19)17-12)13-6-14-10/h2-6,18H,1H3,(H3,13,14,15,16,17,19). The third-order valence-electron chi connectivity index (χ3n) is 2.72. The van der Waals surface area contributed by atoms with Gasteiger partial charge >= 0.3 is 0 Å². The minimum atomic E-state index is -3.36. The summed E-state index contributed by atoms with van der Waals surface area (Å²) < 4.78 is 24.8. The van der Waals surface area contributed by atoms with E-state index in [1.807, 2.05) is 0 Å². The summed E-state index contributed by atoms with van der Waals surface area (Å²) in [6.07, 6.45) is 2.45. The van der Waals surface area contributed by atoms with Gasteiger partial charge in [-0.1, -0.05) is 6.07 Å². The van der Waals surface area contributed by atoms with Crippen LogP contribution in [0.1, 0.15) is 0 Å². The Morgan fingerprint density at radius 1 is 1.23 bits per heavy atom. The zero-order chi connectivity index (χ0) is 15.7. The largest absolute Gasteiger partial charge is 0.339 e. The Hall–Kier alpha value is -2.88. The van der Waals surface area contributed by atoms with E-state index in [9.17, 15) is 13.2 Å². The average Bonchev–Trinajstić information content (AvgIpc) is 2.85. The second kappa shape index (κ2) is 5.15. The molecule has 0 atom stereocenters. The average molecular weight is 320 g/mol. The lowest BCUT2D eigenvalue weighted by molar-refractivity contribution is 0.607. The lowest BCUT2D eigenvalue weighted by Crippen LogP contribution is -2.12. The highest BCUT2D eigenvalue weighted by atomic mass is 32.2. The lowest BCUT2D eigenvalue weighted by Gasteiger charge is -2.08. The van der Waals surface area contributed by atoms with Crippen LogP contribution in [0, 0.1) is 0 Å². The van der Waals surface area contributed by atoms with E-state index in [0.29, 0.717) is 11.4 Å². The summed E-state index contributed by atoms with van der Waals surface area (Å²) in [7, 11) is -3.36. The first kappa shape index (κ1) is 14.1. The Balaban J connectivity index is 1.91. The van der Waals surface area contributed by atoms with Gasteiger partial charge in [-0.15, -0.1) is 0 Å². The lowest BCUT2D eigenvalue weighted by atomic mass is 10.3. The van der Waals surface area contributed by atoms with Crippen molar-refractivity contribution in [2.24, 2.45) is 0 Å². The molecular weight excluding hydrogens is 308 g/mol. The molecule has 0 aliphatic carbocycles. The van der Waals surface area contributed by atoms with Crippen LogP contribution < -0.4 is 15.6 Å². The molecule has 0 spiro atoms. The van der Waals surface area contributed by atoms with Crippen molar-refractivity contribution < 1.29 is 8.42 Å². The molecule has 0 radical (unpaired) electrons. The van der Waals surface area contributed by atoms with E-state index in [-0.39, 0.29) is 22.7 Å². The number of hydrogen-bond donors (Lipinski definition) is 4. The number of sulfonamides is 1. The first-order valence-electron chi connectivity index (χ1n) is 6.19. The minimum absolute atomic E-state index is 0.209. The highest BCUT2D eigenvalue weighted by Gasteiger charge is 2.07. The Kier molecular flexibility index (Phi) is 3.29. The van der Waals surface area contributed by atoms with Crippen LogP contribution in [0.4, 0.5) is 17.3 Å². The molecule has 114 valence electrons. The third kappa shape index (κ3) is 3.06. The number of anilines is 3. The van der Waals surface area contributed by atoms with Gasteiger partial charge in [0.25, 0.3) is 5.56 Å². The molecule has 0 unspecified atom stereocenters. The molecule has 3 rings (SSSR count). The molecule has 22 heavy (non-hydrogen) atoms. The normalized spacial score (nSPS) is 11.5. The molecule has 9 nitrogen and oxygen atoms in total. The van der Waals surface area contributed by atoms with Gasteiger partial charge in [0.2, 0.25) is 16.0 Å². The van der Waals surface area contributed by atoms with Gasteiger partial charge in [0.05, 0.1) is 18.3 Å². The molecule has 0 saturated carbocycles. The highest BCUT2D eigenvalue weighted by Crippen LogP contribution is 2.18. The number of aromatic amines is 2. The maximum atomic E-state index is 11.8. The summed E-state index contributed by atoms with van der Waals surface area (Å²) >= 11 is 0. The Morgan fingerprint density at radius 3 is 2.77 bits per heavy atom. The molecule has 0 amide bonds. The molecule has 0 aliphatic rings. The fraction of sp³-hybridized carbons (Fsp3) is 0.0833. The third-order valence-corrected chi connectivity index (χ3v) is 3.33. The van der Waals surface area contributed by atoms with Crippen LogP contribution in [-0.4, -0.2) is 34.6 Å². The van der Waals surface area contributed by atoms with Crippen LogP contribution in [0.25, 0.3) is 11.2 Å². The van der Waals surface area contributed by atoms with Gasteiger partial charge in [-0.05, 0) is 18.2 Å². The van der Waals surface area contributed by atoms with Gasteiger partial charge in [0.15, 0.2) is 11.2 Å². The summed E-state index contributed by atoms with van der Waals surface area (Å²) in [6, 6.07) is 6.57. The summed E-state index contributed by atoms with van der Waals surface area (Å²) in [5, 5.41) is 2.90. The number of imidazole rings is 1. The maximum Gasteiger partial charge on any atom is 0.278 e. The van der Waals surface area contributed by atoms with Crippen molar-refractivity contribution in [1.29, 1.82) is 0 Å². The summed E-state index contributed by atoms with van der Waals surface area (Å²) in [5.41, 5.74) is 1.19. The topological polar surface area (TPSA) is 133 Å². The van der Waals surface area contributed by atoms with Gasteiger partial charge < -0.3 is 10.3 Å². The number of nitrogens with zero attached hydrogens (tertiary/aromatic N) is 2. The van der Waals surface area contributed by atoms with Gasteiger partial charge in [-0.2, -0.15) is 4.98 Å². The van der Waals surface area contributed by atoms with Crippen LogP contribution in [0.2, 0.25) is 0 Å². The molecule has 2 aromatic heterocycles. The number of H-pyrrole nitrogens is 2. The van der Waals surface area contributed by atoms with Crippen LogP contribution in [-0.2, 0) is 10.0 Å². The maximum absolute atomic E-state index is 11.8. The monoisotopic (exact) mass is 320 g/mol. The predicted octanol–water partition coefficient (Wildman–Crippen LogP) is 0.761. The quantitative estimate of drug-likeness (QED) is 0.561. The predicted molar refractivity (Wildman–Crippen MR) is 82.7 cm³/mol. The minimum Gasteiger partial charge on any atom is -0.339 e. The van der Waals surface area contributed by atoms with Gasteiger partial charge in [0, 0.05) is 5.69 Å². The second-order valence-electron chi connectivity index (χ2n) is 4.60. The fourth-order valence-electron chi connectivity index (χ4n) is 1.91. The molecule has 10 heteroatoms. The number of fused-ring (bicyclic) bond motifs is 1. The molecule has 0 saturated heterocycles. The van der Waals surface area contributed by atoms with E-state index in [0.717, 1.165) is 6.26 Å². The Bertz CT molecular complexity index is 991. The van der Waals surface area contributed by atoms with Gasteiger partial charge in [-0.25, -0.2) is 13.4 Å². The van der Waals surface area contributed by atoms with Crippen molar-refractivity contribution in [3.05, 3.63) is 40.9 Å². The van der Waals surface area contributed by atoms with E-state index in [2.05, 4.69) is 30.0 Å². The number of hydrogen-bond acceptors (Lipinski definition) is 6. The Morgan fingerprint density at radius 2 is 2.00 bits per heavy atom. The molecule has 2 heterocycles. The van der Waals surface area contributed by atoms with Gasteiger partial charge in [-0.3, -0.25) is 14.5 Å². The van der Waals surface area contributed by atoms with Crippen molar-refractivity contribution in [2.75, 3.05) is 16.3 Å². The highest BCUT2D eigenvalue weighted by molar-refractivity contribution is 7.92. The van der Waals surface area contributed by atoms with Crippen LogP contribution in [0.5, 0.6) is 0 Å². The molecule has 4 N–H and O–H groups in total. The SMILES string of the molecule is CS(=O)(=O)Nc1cccc(Nc2nc3nc[nH]c3c(=O)[nH]2)c1. The molecular formula is C12H12N6O3S. The molecule has 0 fully saturated rings. The number of benzene rings is 1. The molecule has 1 aromatic carbocycles. The number of aromatic nitrogens is 4. The zero-order valence-electron chi connectivity index (χ0n) is 11.4. The first-order valence-corrected chi connectivity index (χ1v) is 8.08. The van der Waals surface area contributed by atoms with Crippen molar-refractivity contribution in [3.8, 4) is 0 Å². The number of nitrogens with one attached hydrogen (secondary N) is 4. The molecule has 0 aliphatic heterocycles. The summed E-state index contributed by atoms with van der Waals surface area (Å²) in [5.74, 6) is 0.209. The molecule has 0 bridgehead atoms.